The molecule has 0 N–H and O–H groups in total. The van der Waals surface area contributed by atoms with Gasteiger partial charge in [-0.1, -0.05) is 12.1 Å². The van der Waals surface area contributed by atoms with Crippen LogP contribution in [0, 0.1) is 6.92 Å². The van der Waals surface area contributed by atoms with Crippen molar-refractivity contribution in [1.82, 2.24) is 4.90 Å². The molecule has 3 aromatic rings. The van der Waals surface area contributed by atoms with E-state index in [0.717, 1.165) is 35.2 Å². The summed E-state index contributed by atoms with van der Waals surface area (Å²) in [6, 6.07) is 13.6. The Morgan fingerprint density at radius 1 is 1.12 bits per heavy atom. The van der Waals surface area contributed by atoms with Crippen molar-refractivity contribution in [3.63, 3.8) is 0 Å². The van der Waals surface area contributed by atoms with Crippen LogP contribution in [-0.2, 0) is 0 Å². The summed E-state index contributed by atoms with van der Waals surface area (Å²) < 4.78 is 16.4. The molecule has 1 saturated heterocycles. The van der Waals surface area contributed by atoms with E-state index in [9.17, 15) is 4.79 Å². The zero-order chi connectivity index (χ0) is 18.3. The van der Waals surface area contributed by atoms with Gasteiger partial charge in [0.1, 0.15) is 17.1 Å². The third kappa shape index (κ3) is 2.60. The van der Waals surface area contributed by atoms with Crippen molar-refractivity contribution in [1.29, 1.82) is 0 Å². The second-order valence-corrected chi connectivity index (χ2v) is 6.50. The van der Waals surface area contributed by atoms with E-state index in [1.54, 1.807) is 14.2 Å². The lowest BCUT2D eigenvalue weighted by molar-refractivity contribution is 0.0428. The molecule has 2 heterocycles. The molecule has 134 valence electrons. The van der Waals surface area contributed by atoms with Crippen LogP contribution in [0.4, 0.5) is 0 Å². The lowest BCUT2D eigenvalue weighted by atomic mass is 9.94. The smallest absolute Gasteiger partial charge is 0.290 e. The Bertz CT molecular complexity index is 975. The molecule has 4 rings (SSSR count). The highest BCUT2D eigenvalue weighted by Crippen LogP contribution is 2.37. The largest absolute Gasteiger partial charge is 0.497 e. The Hall–Kier alpha value is -2.95. The Kier molecular flexibility index (Phi) is 4.07. The van der Waals surface area contributed by atoms with Gasteiger partial charge in [0.15, 0.2) is 5.76 Å². The van der Waals surface area contributed by atoms with Crippen LogP contribution in [0.25, 0.3) is 11.0 Å². The molecule has 1 unspecified atom stereocenters. The van der Waals surface area contributed by atoms with Crippen LogP contribution in [-0.4, -0.2) is 31.6 Å². The number of furan rings is 1. The number of carbonyl (C=O) groups is 1. The van der Waals surface area contributed by atoms with Crippen molar-refractivity contribution in [2.45, 2.75) is 19.4 Å². The summed E-state index contributed by atoms with van der Waals surface area (Å²) in [4.78, 5) is 14.9. The fraction of sp³-hybridized carbons (Fsp3) is 0.286. The number of nitrogens with zero attached hydrogens (tertiary/aromatic N) is 1. The number of amides is 1. The molecule has 2 aromatic carbocycles. The van der Waals surface area contributed by atoms with Crippen LogP contribution in [0.15, 0.2) is 46.9 Å². The molecule has 0 bridgehead atoms. The van der Waals surface area contributed by atoms with Crippen LogP contribution < -0.4 is 9.47 Å². The van der Waals surface area contributed by atoms with Crippen LogP contribution in [0.2, 0.25) is 0 Å². The van der Waals surface area contributed by atoms with E-state index < -0.39 is 0 Å². The van der Waals surface area contributed by atoms with Gasteiger partial charge in [-0.05, 0) is 43.2 Å². The van der Waals surface area contributed by atoms with E-state index in [4.69, 9.17) is 13.9 Å². The van der Waals surface area contributed by atoms with Gasteiger partial charge >= 0.3 is 0 Å². The number of rotatable bonds is 4. The molecule has 0 spiro atoms. The molecular weight excluding hydrogens is 330 g/mol. The molecule has 26 heavy (non-hydrogen) atoms. The van der Waals surface area contributed by atoms with E-state index in [1.807, 2.05) is 54.3 Å². The summed E-state index contributed by atoms with van der Waals surface area (Å²) in [5, 5.41) is 0.938. The lowest BCUT2D eigenvalue weighted by Crippen LogP contribution is -2.45. The second kappa shape index (κ2) is 6.41. The summed E-state index contributed by atoms with van der Waals surface area (Å²) in [5.41, 5.74) is 2.62. The lowest BCUT2D eigenvalue weighted by Gasteiger charge is -2.41. The maximum atomic E-state index is 13.1. The highest BCUT2D eigenvalue weighted by Gasteiger charge is 2.36. The summed E-state index contributed by atoms with van der Waals surface area (Å²) in [6.45, 7) is 2.65. The second-order valence-electron chi connectivity index (χ2n) is 6.50. The topological polar surface area (TPSA) is 51.9 Å². The summed E-state index contributed by atoms with van der Waals surface area (Å²) >= 11 is 0. The van der Waals surface area contributed by atoms with Crippen molar-refractivity contribution < 1.29 is 18.7 Å². The van der Waals surface area contributed by atoms with Gasteiger partial charge in [-0.2, -0.15) is 0 Å². The molecule has 1 fully saturated rings. The average Bonchev–Trinajstić information content (AvgIpc) is 2.97. The highest BCUT2D eigenvalue weighted by atomic mass is 16.5. The van der Waals surface area contributed by atoms with Crippen LogP contribution in [0.1, 0.15) is 34.1 Å². The summed E-state index contributed by atoms with van der Waals surface area (Å²) in [5.74, 6) is 1.84. The first kappa shape index (κ1) is 16.5. The maximum absolute atomic E-state index is 13.1. The first-order valence-corrected chi connectivity index (χ1v) is 8.64. The molecule has 1 aliphatic heterocycles. The number of hydrogen-bond acceptors (Lipinski definition) is 4. The SMILES string of the molecule is COc1cccc(C2CCN2C(=O)c2oc3cc(OC)ccc3c2C)c1. The predicted molar refractivity (Wildman–Crippen MR) is 98.9 cm³/mol. The molecule has 1 aliphatic rings. The number of fused-ring (bicyclic) bond motifs is 1. The molecule has 1 amide bonds. The van der Waals surface area contributed by atoms with Gasteiger partial charge in [-0.3, -0.25) is 4.79 Å². The fourth-order valence-corrected chi connectivity index (χ4v) is 3.49. The predicted octanol–water partition coefficient (Wildman–Crippen LogP) is 4.35. The molecule has 0 aliphatic carbocycles. The number of carbonyl (C=O) groups excluding carboxylic acids is 1. The Labute approximate surface area is 152 Å². The van der Waals surface area contributed by atoms with Gasteiger partial charge in [-0.15, -0.1) is 0 Å². The Morgan fingerprint density at radius 2 is 1.88 bits per heavy atom. The van der Waals surface area contributed by atoms with E-state index in [0.29, 0.717) is 17.1 Å². The number of aryl methyl sites for hydroxylation is 1. The van der Waals surface area contributed by atoms with Crippen LogP contribution in [0.5, 0.6) is 11.5 Å². The molecule has 0 radical (unpaired) electrons. The number of ether oxygens (including phenoxy) is 2. The van der Waals surface area contributed by atoms with Crippen molar-refractivity contribution >= 4 is 16.9 Å². The molecule has 5 heteroatoms. The van der Waals surface area contributed by atoms with E-state index >= 15 is 0 Å². The zero-order valence-corrected chi connectivity index (χ0v) is 15.1. The van der Waals surface area contributed by atoms with Crippen LogP contribution in [0.3, 0.4) is 0 Å². The minimum atomic E-state index is -0.0725. The van der Waals surface area contributed by atoms with Crippen molar-refractivity contribution in [3.05, 3.63) is 59.4 Å². The van der Waals surface area contributed by atoms with Crippen molar-refractivity contribution in [2.24, 2.45) is 0 Å². The third-order valence-corrected chi connectivity index (χ3v) is 5.10. The highest BCUT2D eigenvalue weighted by molar-refractivity contribution is 5.99. The molecule has 1 atom stereocenters. The minimum Gasteiger partial charge on any atom is -0.497 e. The molecule has 0 saturated carbocycles. The summed E-state index contributed by atoms with van der Waals surface area (Å²) in [7, 11) is 3.26. The van der Waals surface area contributed by atoms with Gasteiger partial charge in [0.2, 0.25) is 0 Å². The number of hydrogen-bond donors (Lipinski definition) is 0. The number of methoxy groups -OCH3 is 2. The minimum absolute atomic E-state index is 0.0553. The number of likely N-dealkylation sites (tertiary alicyclic amines) is 1. The third-order valence-electron chi connectivity index (χ3n) is 5.10. The first-order valence-electron chi connectivity index (χ1n) is 8.64. The normalized spacial score (nSPS) is 16.4. The number of benzene rings is 2. The standard InChI is InChI=1S/C21H21NO4/c1-13-17-8-7-16(25-3)12-19(17)26-20(13)21(23)22-10-9-18(22)14-5-4-6-15(11-14)24-2/h4-8,11-12,18H,9-10H2,1-3H3. The van der Waals surface area contributed by atoms with Gasteiger partial charge in [-0.25, -0.2) is 0 Å². The van der Waals surface area contributed by atoms with Crippen molar-refractivity contribution in [3.8, 4) is 11.5 Å². The Morgan fingerprint density at radius 3 is 2.58 bits per heavy atom. The molecular formula is C21H21NO4. The van der Waals surface area contributed by atoms with Gasteiger partial charge in [0, 0.05) is 23.6 Å². The zero-order valence-electron chi connectivity index (χ0n) is 15.1. The average molecular weight is 351 g/mol. The first-order chi connectivity index (χ1) is 12.6. The van der Waals surface area contributed by atoms with E-state index in [-0.39, 0.29) is 11.9 Å². The van der Waals surface area contributed by atoms with Gasteiger partial charge in [0.25, 0.3) is 5.91 Å². The fourth-order valence-electron chi connectivity index (χ4n) is 3.49. The van der Waals surface area contributed by atoms with Crippen LogP contribution >= 0.6 is 0 Å². The van der Waals surface area contributed by atoms with E-state index in [2.05, 4.69) is 0 Å². The molecule has 1 aromatic heterocycles. The summed E-state index contributed by atoms with van der Waals surface area (Å²) in [6.07, 6.45) is 0.937. The van der Waals surface area contributed by atoms with Gasteiger partial charge < -0.3 is 18.8 Å². The quantitative estimate of drug-likeness (QED) is 0.701. The van der Waals surface area contributed by atoms with Crippen molar-refractivity contribution in [2.75, 3.05) is 20.8 Å². The molecule has 5 nitrogen and oxygen atoms in total. The Balaban J connectivity index is 1.65. The monoisotopic (exact) mass is 351 g/mol. The maximum Gasteiger partial charge on any atom is 0.290 e. The van der Waals surface area contributed by atoms with Gasteiger partial charge in [0.05, 0.1) is 20.3 Å². The van der Waals surface area contributed by atoms with E-state index in [1.165, 1.54) is 0 Å².